The summed E-state index contributed by atoms with van der Waals surface area (Å²) < 4.78 is 5.73. The van der Waals surface area contributed by atoms with Crippen LogP contribution in [0.2, 0.25) is 0 Å². The number of methoxy groups -OCH3 is 1. The predicted octanol–water partition coefficient (Wildman–Crippen LogP) is 4.99. The lowest BCUT2D eigenvalue weighted by atomic mass is 9.99. The van der Waals surface area contributed by atoms with Gasteiger partial charge in [-0.25, -0.2) is 15.8 Å². The Morgan fingerprint density at radius 1 is 1.14 bits per heavy atom. The molecule has 35 heavy (non-hydrogen) atoms. The van der Waals surface area contributed by atoms with Gasteiger partial charge in [-0.05, 0) is 49.8 Å². The van der Waals surface area contributed by atoms with Crippen molar-refractivity contribution in [1.29, 1.82) is 0 Å². The zero-order valence-electron chi connectivity index (χ0n) is 21.7. The van der Waals surface area contributed by atoms with Crippen LogP contribution in [0.4, 0.5) is 5.69 Å². The fraction of sp³-hybridized carbons (Fsp3) is 0.345. The van der Waals surface area contributed by atoms with E-state index in [9.17, 15) is 0 Å². The first-order chi connectivity index (χ1) is 16.9. The Bertz CT molecular complexity index is 1160. The normalized spacial score (nSPS) is 19.1. The third-order valence-electron chi connectivity index (χ3n) is 6.74. The van der Waals surface area contributed by atoms with Crippen LogP contribution in [-0.2, 0) is 0 Å². The molecule has 0 saturated carbocycles. The molecule has 2 aromatic rings. The van der Waals surface area contributed by atoms with Crippen molar-refractivity contribution in [2.75, 3.05) is 12.0 Å². The second kappa shape index (κ2) is 10.8. The monoisotopic (exact) mass is 472 g/mol. The molecule has 0 bridgehead atoms. The van der Waals surface area contributed by atoms with Crippen molar-refractivity contribution in [1.82, 2.24) is 15.7 Å². The van der Waals surface area contributed by atoms with Gasteiger partial charge in [-0.3, -0.25) is 0 Å². The van der Waals surface area contributed by atoms with E-state index in [0.717, 1.165) is 29.3 Å². The number of aromatic nitrogens is 1. The van der Waals surface area contributed by atoms with Crippen molar-refractivity contribution in [3.63, 3.8) is 0 Å². The topological polar surface area (TPSA) is 66.0 Å². The largest absolute Gasteiger partial charge is 0.479 e. The summed E-state index contributed by atoms with van der Waals surface area (Å²) in [5, 5.41) is 3.65. The summed E-state index contributed by atoms with van der Waals surface area (Å²) in [6, 6.07) is 14.8. The standard InChI is InChI=1S/C29H37N5O/c1-19(2)24-17-26(32-33-28(24)30-22(5)23-12-8-7-9-13-23)25-14-15-27(29(31-25)35-6)34-16-10-11-20(3)21(4)18-34/h7-10,12-20,22,30,32-33H,11H2,1-6H3/p+1/t20-,22+/m1/s1. The fourth-order valence-electron chi connectivity index (χ4n) is 4.33. The Morgan fingerprint density at radius 2 is 1.91 bits per heavy atom. The fourth-order valence-corrected chi connectivity index (χ4v) is 4.33. The number of hydrogen-bond donors (Lipinski definition) is 3. The average molecular weight is 473 g/mol. The van der Waals surface area contributed by atoms with Gasteiger partial charge in [0.25, 0.3) is 0 Å². The van der Waals surface area contributed by atoms with Crippen LogP contribution >= 0.6 is 0 Å². The van der Waals surface area contributed by atoms with Gasteiger partial charge in [0.1, 0.15) is 11.4 Å². The molecule has 0 aliphatic carbocycles. The van der Waals surface area contributed by atoms with Crippen molar-refractivity contribution < 1.29 is 10.2 Å². The minimum atomic E-state index is 0.189. The highest BCUT2D eigenvalue weighted by atomic mass is 16.5. The molecule has 1 aromatic carbocycles. The van der Waals surface area contributed by atoms with Crippen LogP contribution in [0.25, 0.3) is 5.70 Å². The van der Waals surface area contributed by atoms with Gasteiger partial charge in [0.05, 0.1) is 13.2 Å². The van der Waals surface area contributed by atoms with Crippen LogP contribution in [0.3, 0.4) is 0 Å². The number of nitrogens with zero attached hydrogens (tertiary/aromatic N) is 2. The average Bonchev–Trinajstić information content (AvgIpc) is 3.04. The first-order valence-corrected chi connectivity index (χ1v) is 12.4. The SMILES string of the molecule is COc1nc(C2=CC(C(C)C)=C(N[C@@H](C)c3ccccc3)N[NH2+]2)ccc1N1C=CC[C@@H](C)C(C)=C1. The van der Waals surface area contributed by atoms with Crippen molar-refractivity contribution in [2.24, 2.45) is 11.8 Å². The van der Waals surface area contributed by atoms with Crippen molar-refractivity contribution >= 4 is 11.4 Å². The van der Waals surface area contributed by atoms with Crippen LogP contribution in [0, 0.1) is 11.8 Å². The van der Waals surface area contributed by atoms with Crippen LogP contribution in [-0.4, -0.2) is 12.1 Å². The van der Waals surface area contributed by atoms with Gasteiger partial charge < -0.3 is 15.0 Å². The second-order valence-electron chi connectivity index (χ2n) is 9.68. The highest BCUT2D eigenvalue weighted by Crippen LogP contribution is 2.32. The molecule has 1 aromatic heterocycles. The molecule has 0 fully saturated rings. The molecule has 2 aliphatic heterocycles. The Hall–Kier alpha value is -3.51. The van der Waals surface area contributed by atoms with E-state index < -0.39 is 0 Å². The van der Waals surface area contributed by atoms with E-state index in [1.165, 1.54) is 16.7 Å². The maximum Gasteiger partial charge on any atom is 0.238 e. The van der Waals surface area contributed by atoms with Crippen LogP contribution in [0.1, 0.15) is 58.3 Å². The molecule has 184 valence electrons. The number of benzene rings is 1. The first kappa shape index (κ1) is 24.6. The molecule has 2 atom stereocenters. The molecule has 0 saturated heterocycles. The van der Waals surface area contributed by atoms with E-state index in [2.05, 4.69) is 111 Å². The van der Waals surface area contributed by atoms with Gasteiger partial charge in [-0.1, -0.05) is 62.8 Å². The Labute approximate surface area is 209 Å². The van der Waals surface area contributed by atoms with E-state index in [0.29, 0.717) is 17.7 Å². The lowest BCUT2D eigenvalue weighted by Gasteiger charge is -2.26. The lowest BCUT2D eigenvalue weighted by Crippen LogP contribution is -2.91. The van der Waals surface area contributed by atoms with E-state index in [4.69, 9.17) is 9.72 Å². The second-order valence-corrected chi connectivity index (χ2v) is 9.68. The molecular weight excluding hydrogens is 434 g/mol. The summed E-state index contributed by atoms with van der Waals surface area (Å²) in [5.74, 6) is 2.51. The minimum absolute atomic E-state index is 0.189. The van der Waals surface area contributed by atoms with Gasteiger partial charge in [-0.15, -0.1) is 0 Å². The van der Waals surface area contributed by atoms with Crippen LogP contribution in [0.15, 0.2) is 84.0 Å². The van der Waals surface area contributed by atoms with E-state index in [1.807, 2.05) is 11.5 Å². The summed E-state index contributed by atoms with van der Waals surface area (Å²) in [4.78, 5) is 6.99. The number of nitrogens with two attached hydrogens (primary N) is 1. The van der Waals surface area contributed by atoms with Crippen molar-refractivity contribution in [2.45, 2.75) is 47.1 Å². The molecule has 3 heterocycles. The Morgan fingerprint density at radius 3 is 2.63 bits per heavy atom. The van der Waals surface area contributed by atoms with Gasteiger partial charge >= 0.3 is 0 Å². The smallest absolute Gasteiger partial charge is 0.238 e. The number of pyridine rings is 1. The molecule has 4 rings (SSSR count). The van der Waals surface area contributed by atoms with Crippen molar-refractivity contribution in [3.8, 4) is 5.88 Å². The quantitative estimate of drug-likeness (QED) is 0.495. The molecule has 6 heteroatoms. The number of hydrogen-bond acceptors (Lipinski definition) is 5. The number of ether oxygens (including phenoxy) is 1. The predicted molar refractivity (Wildman–Crippen MR) is 143 cm³/mol. The molecule has 0 spiro atoms. The maximum absolute atomic E-state index is 5.73. The minimum Gasteiger partial charge on any atom is -0.479 e. The van der Waals surface area contributed by atoms with Gasteiger partial charge in [-0.2, -0.15) is 0 Å². The Kier molecular flexibility index (Phi) is 7.61. The number of rotatable bonds is 7. The van der Waals surface area contributed by atoms with Crippen LogP contribution < -0.4 is 25.8 Å². The zero-order chi connectivity index (χ0) is 24.9. The highest BCUT2D eigenvalue weighted by molar-refractivity contribution is 5.66. The molecule has 0 radical (unpaired) electrons. The van der Waals surface area contributed by atoms with Gasteiger partial charge in [0.15, 0.2) is 11.5 Å². The molecule has 0 amide bonds. The summed E-state index contributed by atoms with van der Waals surface area (Å²) in [5.41, 5.74) is 12.2. The highest BCUT2D eigenvalue weighted by Gasteiger charge is 2.24. The first-order valence-electron chi connectivity index (χ1n) is 12.4. The third-order valence-corrected chi connectivity index (χ3v) is 6.74. The maximum atomic E-state index is 5.73. The van der Waals surface area contributed by atoms with E-state index in [1.54, 1.807) is 7.11 Å². The van der Waals surface area contributed by atoms with Crippen LogP contribution in [0.5, 0.6) is 5.88 Å². The summed E-state index contributed by atoms with van der Waals surface area (Å²) in [7, 11) is 1.68. The summed E-state index contributed by atoms with van der Waals surface area (Å²) >= 11 is 0. The summed E-state index contributed by atoms with van der Waals surface area (Å²) in [6.07, 6.45) is 9.73. The molecule has 2 aliphatic rings. The number of nitrogens with one attached hydrogen (secondary N) is 2. The lowest BCUT2D eigenvalue weighted by molar-refractivity contribution is -0.620. The van der Waals surface area contributed by atoms with E-state index >= 15 is 0 Å². The van der Waals surface area contributed by atoms with Crippen molar-refractivity contribution in [3.05, 3.63) is 95.2 Å². The molecule has 0 unspecified atom stereocenters. The van der Waals surface area contributed by atoms with Gasteiger partial charge in [0.2, 0.25) is 5.88 Å². The third kappa shape index (κ3) is 5.60. The van der Waals surface area contributed by atoms with E-state index in [-0.39, 0.29) is 6.04 Å². The number of quaternary nitrogens is 1. The number of allylic oxidation sites excluding steroid dienone is 4. The summed E-state index contributed by atoms with van der Waals surface area (Å²) in [6.45, 7) is 11.0. The number of anilines is 1. The molecule has 4 N–H and O–H groups in total. The zero-order valence-corrected chi connectivity index (χ0v) is 21.7. The molecular formula is C29H38N5O+. The Balaban J connectivity index is 1.63. The molecule has 6 nitrogen and oxygen atoms in total. The van der Waals surface area contributed by atoms with Gasteiger partial charge in [0, 0.05) is 24.0 Å².